The minimum absolute atomic E-state index is 0.0116. The second-order valence-electron chi connectivity index (χ2n) is 12.8. The highest BCUT2D eigenvalue weighted by molar-refractivity contribution is 5.69. The maximum Gasteiger partial charge on any atom is 0.306 e. The molecule has 4 heteroatoms. The standard InChI is InChI=1S/C37H72O4/c1-3-5-7-9-11-13-15-16-17-19-21-23-25-30-34-37(40)41-35(32-28-26-29-33-36(38)39)31-27-24-22-20-18-14-12-10-8-6-4-2/h35H,3-34H2,1-2H3,(H,38,39). The Kier molecular flexibility index (Phi) is 32.6. The monoisotopic (exact) mass is 581 g/mol. The molecule has 0 aliphatic carbocycles. The topological polar surface area (TPSA) is 63.6 Å². The van der Waals surface area contributed by atoms with Gasteiger partial charge in [-0.3, -0.25) is 9.59 Å². The van der Waals surface area contributed by atoms with Crippen LogP contribution >= 0.6 is 0 Å². The number of hydrogen-bond donors (Lipinski definition) is 1. The van der Waals surface area contributed by atoms with E-state index in [0.29, 0.717) is 12.8 Å². The van der Waals surface area contributed by atoms with Gasteiger partial charge in [-0.15, -0.1) is 0 Å². The zero-order chi connectivity index (χ0) is 30.1. The third-order valence-electron chi connectivity index (χ3n) is 8.58. The van der Waals surface area contributed by atoms with Crippen LogP contribution in [0.15, 0.2) is 0 Å². The van der Waals surface area contributed by atoms with Crippen molar-refractivity contribution in [1.82, 2.24) is 0 Å². The highest BCUT2D eigenvalue weighted by Gasteiger charge is 2.14. The van der Waals surface area contributed by atoms with Crippen LogP contribution in [0, 0.1) is 0 Å². The number of unbranched alkanes of at least 4 members (excludes halogenated alkanes) is 25. The van der Waals surface area contributed by atoms with Crippen LogP contribution in [0.2, 0.25) is 0 Å². The fraction of sp³-hybridized carbons (Fsp3) is 0.946. The Morgan fingerprint density at radius 3 is 1.10 bits per heavy atom. The molecule has 1 N–H and O–H groups in total. The first-order valence-electron chi connectivity index (χ1n) is 18.5. The Balaban J connectivity index is 3.90. The molecule has 0 bridgehead atoms. The molecule has 0 aromatic heterocycles. The zero-order valence-electron chi connectivity index (χ0n) is 27.9. The summed E-state index contributed by atoms with van der Waals surface area (Å²) >= 11 is 0. The van der Waals surface area contributed by atoms with Gasteiger partial charge in [-0.05, 0) is 38.5 Å². The van der Waals surface area contributed by atoms with Crippen molar-refractivity contribution in [2.45, 2.75) is 225 Å². The number of carboxylic acids is 1. The fourth-order valence-electron chi connectivity index (χ4n) is 5.83. The van der Waals surface area contributed by atoms with Gasteiger partial charge in [0.15, 0.2) is 0 Å². The molecule has 1 atom stereocenters. The van der Waals surface area contributed by atoms with Crippen LogP contribution in [0.4, 0.5) is 0 Å². The number of hydrogen-bond acceptors (Lipinski definition) is 3. The van der Waals surface area contributed by atoms with Gasteiger partial charge >= 0.3 is 11.9 Å². The van der Waals surface area contributed by atoms with Crippen molar-refractivity contribution < 1.29 is 19.4 Å². The average molecular weight is 581 g/mol. The summed E-state index contributed by atoms with van der Waals surface area (Å²) < 4.78 is 5.93. The van der Waals surface area contributed by atoms with Gasteiger partial charge in [0, 0.05) is 12.8 Å². The lowest BCUT2D eigenvalue weighted by atomic mass is 10.0. The summed E-state index contributed by atoms with van der Waals surface area (Å²) in [6.45, 7) is 4.55. The van der Waals surface area contributed by atoms with Crippen molar-refractivity contribution in [1.29, 1.82) is 0 Å². The van der Waals surface area contributed by atoms with Crippen LogP contribution in [0.5, 0.6) is 0 Å². The largest absolute Gasteiger partial charge is 0.481 e. The van der Waals surface area contributed by atoms with Gasteiger partial charge in [0.2, 0.25) is 0 Å². The molecule has 0 aromatic carbocycles. The molecule has 1 unspecified atom stereocenters. The highest BCUT2D eigenvalue weighted by atomic mass is 16.5. The number of ether oxygens (including phenoxy) is 1. The van der Waals surface area contributed by atoms with Crippen molar-refractivity contribution in [2.75, 3.05) is 0 Å². The molecule has 0 aliphatic rings. The number of rotatable bonds is 34. The van der Waals surface area contributed by atoms with E-state index >= 15 is 0 Å². The highest BCUT2D eigenvalue weighted by Crippen LogP contribution is 2.19. The van der Waals surface area contributed by atoms with E-state index < -0.39 is 5.97 Å². The van der Waals surface area contributed by atoms with Crippen molar-refractivity contribution in [2.24, 2.45) is 0 Å². The van der Waals surface area contributed by atoms with E-state index in [2.05, 4.69) is 13.8 Å². The minimum Gasteiger partial charge on any atom is -0.481 e. The Morgan fingerprint density at radius 2 is 0.732 bits per heavy atom. The third kappa shape index (κ3) is 33.3. The maximum absolute atomic E-state index is 12.6. The number of carbonyl (C=O) groups excluding carboxylic acids is 1. The van der Waals surface area contributed by atoms with E-state index in [1.165, 1.54) is 141 Å². The first kappa shape index (κ1) is 39.9. The Labute approximate surface area is 256 Å². The Hall–Kier alpha value is -1.06. The summed E-state index contributed by atoms with van der Waals surface area (Å²) in [5.74, 6) is -0.746. The summed E-state index contributed by atoms with van der Waals surface area (Å²) in [6.07, 6.45) is 38.2. The predicted molar refractivity (Wildman–Crippen MR) is 177 cm³/mol. The molecule has 0 aliphatic heterocycles. The molecule has 0 fully saturated rings. The molecule has 41 heavy (non-hydrogen) atoms. The first-order chi connectivity index (χ1) is 20.1. The van der Waals surface area contributed by atoms with E-state index in [4.69, 9.17) is 9.84 Å². The van der Waals surface area contributed by atoms with E-state index in [1.54, 1.807) is 0 Å². The lowest BCUT2D eigenvalue weighted by molar-refractivity contribution is -0.150. The molecule has 0 spiro atoms. The summed E-state index contributed by atoms with van der Waals surface area (Å²) in [5, 5.41) is 8.87. The lowest BCUT2D eigenvalue weighted by Crippen LogP contribution is -2.18. The molecule has 0 amide bonds. The maximum atomic E-state index is 12.6. The summed E-state index contributed by atoms with van der Waals surface area (Å²) in [6, 6.07) is 0. The molecule has 0 saturated heterocycles. The third-order valence-corrected chi connectivity index (χ3v) is 8.58. The van der Waals surface area contributed by atoms with Crippen LogP contribution in [-0.2, 0) is 14.3 Å². The van der Waals surface area contributed by atoms with E-state index in [0.717, 1.165) is 44.9 Å². The van der Waals surface area contributed by atoms with Crippen LogP contribution in [0.25, 0.3) is 0 Å². The van der Waals surface area contributed by atoms with E-state index in [-0.39, 0.29) is 18.5 Å². The normalized spacial score (nSPS) is 12.0. The molecule has 0 radical (unpaired) electrons. The van der Waals surface area contributed by atoms with E-state index in [9.17, 15) is 9.59 Å². The van der Waals surface area contributed by atoms with Crippen molar-refractivity contribution >= 4 is 11.9 Å². The smallest absolute Gasteiger partial charge is 0.306 e. The van der Waals surface area contributed by atoms with Crippen molar-refractivity contribution in [3.8, 4) is 0 Å². The molecule has 0 heterocycles. The molecular weight excluding hydrogens is 508 g/mol. The second kappa shape index (κ2) is 33.4. The van der Waals surface area contributed by atoms with Crippen LogP contribution in [0.1, 0.15) is 219 Å². The van der Waals surface area contributed by atoms with Crippen LogP contribution in [0.3, 0.4) is 0 Å². The molecule has 0 aromatic rings. The van der Waals surface area contributed by atoms with Gasteiger partial charge in [-0.1, -0.05) is 168 Å². The van der Waals surface area contributed by atoms with Gasteiger partial charge < -0.3 is 9.84 Å². The quantitative estimate of drug-likeness (QED) is 0.0607. The number of esters is 1. The number of aliphatic carboxylic acids is 1. The average Bonchev–Trinajstić information content (AvgIpc) is 2.95. The molecule has 0 rings (SSSR count). The summed E-state index contributed by atoms with van der Waals surface area (Å²) in [7, 11) is 0. The lowest BCUT2D eigenvalue weighted by Gasteiger charge is -2.18. The van der Waals surface area contributed by atoms with Gasteiger partial charge in [-0.2, -0.15) is 0 Å². The van der Waals surface area contributed by atoms with Crippen molar-refractivity contribution in [3.63, 3.8) is 0 Å². The summed E-state index contributed by atoms with van der Waals surface area (Å²) in [4.78, 5) is 23.3. The fourth-order valence-corrected chi connectivity index (χ4v) is 5.83. The van der Waals surface area contributed by atoms with E-state index in [1.807, 2.05) is 0 Å². The first-order valence-corrected chi connectivity index (χ1v) is 18.5. The molecule has 0 saturated carbocycles. The molecule has 244 valence electrons. The second-order valence-corrected chi connectivity index (χ2v) is 12.8. The number of carbonyl (C=O) groups is 2. The van der Waals surface area contributed by atoms with Gasteiger partial charge in [-0.25, -0.2) is 0 Å². The van der Waals surface area contributed by atoms with Crippen molar-refractivity contribution in [3.05, 3.63) is 0 Å². The predicted octanol–water partition coefficient (Wildman–Crippen LogP) is 12.5. The van der Waals surface area contributed by atoms with Crippen LogP contribution < -0.4 is 0 Å². The summed E-state index contributed by atoms with van der Waals surface area (Å²) in [5.41, 5.74) is 0. The van der Waals surface area contributed by atoms with Gasteiger partial charge in [0.05, 0.1) is 0 Å². The van der Waals surface area contributed by atoms with Crippen LogP contribution in [-0.4, -0.2) is 23.1 Å². The zero-order valence-corrected chi connectivity index (χ0v) is 27.9. The minimum atomic E-state index is -0.720. The van der Waals surface area contributed by atoms with Gasteiger partial charge in [0.1, 0.15) is 6.10 Å². The Morgan fingerprint density at radius 1 is 0.439 bits per heavy atom. The SMILES string of the molecule is CCCCCCCCCCCCCCCCC(=O)OC(CCCCCCCCCCCCC)CCCCCC(=O)O. The number of carboxylic acid groups (broad SMARTS) is 1. The molecule has 4 nitrogen and oxygen atoms in total. The molecular formula is C37H72O4. The Bertz CT molecular complexity index is 547. The van der Waals surface area contributed by atoms with Gasteiger partial charge in [0.25, 0.3) is 0 Å².